The summed E-state index contributed by atoms with van der Waals surface area (Å²) in [5, 5.41) is 0. The van der Waals surface area contributed by atoms with Crippen molar-refractivity contribution in [2.45, 2.75) is 0 Å². The molecular weight excluding hydrogens is 448 g/mol. The van der Waals surface area contributed by atoms with Crippen molar-refractivity contribution in [3.8, 4) is 22.3 Å². The predicted molar refractivity (Wildman–Crippen MR) is 120 cm³/mol. The van der Waals surface area contributed by atoms with Crippen molar-refractivity contribution >= 4 is 34.2 Å². The second kappa shape index (κ2) is 7.92. The Morgan fingerprint density at radius 1 is 0.593 bits per heavy atom. The predicted octanol–water partition coefficient (Wildman–Crippen LogP) is 7.65. The molecule has 0 saturated heterocycles. The van der Waals surface area contributed by atoms with E-state index in [1.165, 1.54) is 23.3 Å². The molecule has 0 fully saturated rings. The van der Waals surface area contributed by atoms with Gasteiger partial charge >= 0.3 is 0 Å². The first-order valence-electron chi connectivity index (χ1n) is 8.69. The van der Waals surface area contributed by atoms with Crippen LogP contribution in [-0.2, 0) is 0 Å². The molecule has 0 unspecified atom stereocenters. The van der Waals surface area contributed by atoms with Gasteiger partial charge in [0.2, 0.25) is 0 Å². The Kier molecular flexibility index (Phi) is 5.21. The quantitative estimate of drug-likeness (QED) is 0.221. The highest BCUT2D eigenvalue weighted by molar-refractivity contribution is 14.1. The average molecular weight is 465 g/mol. The van der Waals surface area contributed by atoms with Gasteiger partial charge in [-0.3, -0.25) is 3.11 Å². The number of halogens is 2. The van der Waals surface area contributed by atoms with Gasteiger partial charge in [-0.1, -0.05) is 66.7 Å². The maximum Gasteiger partial charge on any atom is 0.123 e. The summed E-state index contributed by atoms with van der Waals surface area (Å²) < 4.78 is 15.4. The van der Waals surface area contributed by atoms with Gasteiger partial charge in [0.1, 0.15) is 5.82 Å². The summed E-state index contributed by atoms with van der Waals surface area (Å²) in [6.45, 7) is 0. The zero-order chi connectivity index (χ0) is 18.6. The molecule has 27 heavy (non-hydrogen) atoms. The van der Waals surface area contributed by atoms with Crippen LogP contribution in [0.2, 0.25) is 0 Å². The van der Waals surface area contributed by atoms with E-state index in [0.29, 0.717) is 0 Å². The van der Waals surface area contributed by atoms with E-state index in [2.05, 4.69) is 80.6 Å². The molecule has 0 atom stereocenters. The Morgan fingerprint density at radius 3 is 1.81 bits per heavy atom. The first-order chi connectivity index (χ1) is 13.2. The van der Waals surface area contributed by atoms with Gasteiger partial charge in [0.05, 0.1) is 34.2 Å². The van der Waals surface area contributed by atoms with Crippen LogP contribution in [0.3, 0.4) is 0 Å². The molecule has 0 aromatic heterocycles. The minimum Gasteiger partial charge on any atom is -0.282 e. The van der Waals surface area contributed by atoms with Gasteiger partial charge in [0, 0.05) is 5.56 Å². The van der Waals surface area contributed by atoms with Gasteiger partial charge in [0.25, 0.3) is 0 Å². The van der Waals surface area contributed by atoms with Crippen molar-refractivity contribution < 1.29 is 4.39 Å². The van der Waals surface area contributed by atoms with Crippen LogP contribution >= 0.6 is 22.9 Å². The van der Waals surface area contributed by atoms with Crippen molar-refractivity contribution in [1.29, 1.82) is 0 Å². The Morgan fingerprint density at radius 2 is 1.19 bits per heavy atom. The molecule has 0 aliphatic heterocycles. The van der Waals surface area contributed by atoms with Crippen LogP contribution in [0.5, 0.6) is 0 Å². The fraction of sp³-hybridized carbons (Fsp3) is 0. The number of nitrogens with zero attached hydrogens (tertiary/aromatic N) is 1. The van der Waals surface area contributed by atoms with E-state index in [1.54, 1.807) is 12.1 Å². The summed E-state index contributed by atoms with van der Waals surface area (Å²) in [7, 11) is 0. The SMILES string of the molecule is Fc1ccc(N(I)c2ccc(-c3ccccc3)cc2-c2ccccc2)cc1. The zero-order valence-electron chi connectivity index (χ0n) is 14.5. The first kappa shape index (κ1) is 17.7. The molecule has 0 N–H and O–H groups in total. The van der Waals surface area contributed by atoms with Crippen LogP contribution in [0.4, 0.5) is 15.8 Å². The Balaban J connectivity index is 1.84. The van der Waals surface area contributed by atoms with Crippen LogP contribution in [0.15, 0.2) is 103 Å². The lowest BCUT2D eigenvalue weighted by Gasteiger charge is -2.21. The van der Waals surface area contributed by atoms with Crippen molar-refractivity contribution in [3.63, 3.8) is 0 Å². The first-order valence-corrected chi connectivity index (χ1v) is 9.65. The van der Waals surface area contributed by atoms with Crippen LogP contribution in [0.25, 0.3) is 22.3 Å². The number of hydrogen-bond acceptors (Lipinski definition) is 1. The van der Waals surface area contributed by atoms with E-state index >= 15 is 0 Å². The van der Waals surface area contributed by atoms with E-state index < -0.39 is 0 Å². The molecule has 0 heterocycles. The zero-order valence-corrected chi connectivity index (χ0v) is 16.7. The van der Waals surface area contributed by atoms with Crippen LogP contribution in [0.1, 0.15) is 0 Å². The molecular formula is C24H17FIN. The Hall–Kier alpha value is -2.66. The normalized spacial score (nSPS) is 10.6. The monoisotopic (exact) mass is 465 g/mol. The number of rotatable bonds is 4. The number of benzene rings is 4. The molecule has 0 aliphatic rings. The summed E-state index contributed by atoms with van der Waals surface area (Å²) >= 11 is 2.27. The maximum atomic E-state index is 13.3. The van der Waals surface area contributed by atoms with Crippen LogP contribution in [-0.4, -0.2) is 0 Å². The van der Waals surface area contributed by atoms with Gasteiger partial charge in [-0.05, 0) is 53.1 Å². The highest BCUT2D eigenvalue weighted by atomic mass is 127. The minimum absolute atomic E-state index is 0.230. The van der Waals surface area contributed by atoms with Crippen LogP contribution < -0.4 is 3.11 Å². The third-order valence-electron chi connectivity index (χ3n) is 4.45. The summed E-state index contributed by atoms with van der Waals surface area (Å²) in [4.78, 5) is 0. The molecule has 4 aromatic rings. The lowest BCUT2D eigenvalue weighted by Crippen LogP contribution is -2.03. The molecule has 0 amide bonds. The van der Waals surface area contributed by atoms with Gasteiger partial charge < -0.3 is 0 Å². The van der Waals surface area contributed by atoms with E-state index in [1.807, 2.05) is 24.3 Å². The minimum atomic E-state index is -0.230. The maximum absolute atomic E-state index is 13.3. The largest absolute Gasteiger partial charge is 0.282 e. The van der Waals surface area contributed by atoms with Crippen LogP contribution in [0, 0.1) is 5.82 Å². The molecule has 132 valence electrons. The summed E-state index contributed by atoms with van der Waals surface area (Å²) in [5.41, 5.74) is 6.63. The highest BCUT2D eigenvalue weighted by Gasteiger charge is 2.14. The lowest BCUT2D eigenvalue weighted by molar-refractivity contribution is 0.628. The molecule has 0 spiro atoms. The van der Waals surface area contributed by atoms with Crippen molar-refractivity contribution in [2.75, 3.05) is 3.11 Å². The fourth-order valence-electron chi connectivity index (χ4n) is 3.08. The van der Waals surface area contributed by atoms with Crippen molar-refractivity contribution in [1.82, 2.24) is 0 Å². The molecule has 1 nitrogen and oxygen atoms in total. The molecule has 0 aliphatic carbocycles. The van der Waals surface area contributed by atoms with Gasteiger partial charge in [-0.25, -0.2) is 4.39 Å². The van der Waals surface area contributed by atoms with Gasteiger partial charge in [-0.15, -0.1) is 0 Å². The second-order valence-electron chi connectivity index (χ2n) is 6.22. The van der Waals surface area contributed by atoms with E-state index in [-0.39, 0.29) is 5.82 Å². The van der Waals surface area contributed by atoms with Crippen molar-refractivity contribution in [2.24, 2.45) is 0 Å². The molecule has 0 radical (unpaired) electrons. The highest BCUT2D eigenvalue weighted by Crippen LogP contribution is 2.40. The van der Waals surface area contributed by atoms with E-state index in [9.17, 15) is 4.39 Å². The van der Waals surface area contributed by atoms with E-state index in [0.717, 1.165) is 22.5 Å². The van der Waals surface area contributed by atoms with E-state index in [4.69, 9.17) is 0 Å². The Labute approximate surface area is 172 Å². The fourth-order valence-corrected chi connectivity index (χ4v) is 3.82. The third kappa shape index (κ3) is 3.88. The number of anilines is 2. The number of hydrogen-bond donors (Lipinski definition) is 0. The smallest absolute Gasteiger partial charge is 0.123 e. The molecule has 4 rings (SSSR count). The average Bonchev–Trinajstić information content (AvgIpc) is 2.75. The lowest BCUT2D eigenvalue weighted by atomic mass is 9.97. The molecule has 0 bridgehead atoms. The summed E-state index contributed by atoms with van der Waals surface area (Å²) in [6.07, 6.45) is 0. The Bertz CT molecular complexity index is 1030. The summed E-state index contributed by atoms with van der Waals surface area (Å²) in [6, 6.07) is 33.7. The standard InChI is InChI=1S/C24H17FIN/c25-21-12-14-22(15-13-21)27(26)24-16-11-20(18-7-3-1-4-8-18)17-23(24)19-9-5-2-6-10-19/h1-17H. The molecule has 3 heteroatoms. The van der Waals surface area contributed by atoms with Gasteiger partial charge in [-0.2, -0.15) is 0 Å². The second-order valence-corrected chi connectivity index (χ2v) is 7.19. The topological polar surface area (TPSA) is 3.24 Å². The van der Waals surface area contributed by atoms with Crippen molar-refractivity contribution in [3.05, 3.63) is 109 Å². The van der Waals surface area contributed by atoms with Gasteiger partial charge in [0.15, 0.2) is 0 Å². The summed E-state index contributed by atoms with van der Waals surface area (Å²) in [5.74, 6) is -0.230. The molecule has 0 saturated carbocycles. The third-order valence-corrected chi connectivity index (χ3v) is 5.53. The molecule has 4 aromatic carbocycles.